The van der Waals surface area contributed by atoms with Crippen LogP contribution in [0.1, 0.15) is 43.9 Å². The Morgan fingerprint density at radius 2 is 2.10 bits per heavy atom. The quantitative estimate of drug-likeness (QED) is 0.847. The van der Waals surface area contributed by atoms with Gasteiger partial charge in [0.2, 0.25) is 0 Å². The second-order valence-corrected chi connectivity index (χ2v) is 5.97. The number of aromatic nitrogens is 2. The Morgan fingerprint density at radius 3 is 2.65 bits per heavy atom. The average molecular weight is 281 g/mol. The van der Waals surface area contributed by atoms with Crippen LogP contribution in [0.2, 0.25) is 0 Å². The minimum atomic E-state index is -1.07. The highest BCUT2D eigenvalue weighted by molar-refractivity contribution is 5.85. The van der Waals surface area contributed by atoms with E-state index >= 15 is 0 Å². The van der Waals surface area contributed by atoms with Gasteiger partial charge in [-0.05, 0) is 33.8 Å². The van der Waals surface area contributed by atoms with E-state index < -0.39 is 17.7 Å². The zero-order chi connectivity index (χ0) is 15.1. The third kappa shape index (κ3) is 2.92. The van der Waals surface area contributed by atoms with Gasteiger partial charge in [-0.3, -0.25) is 9.58 Å². The molecule has 0 radical (unpaired) electrons. The van der Waals surface area contributed by atoms with Gasteiger partial charge in [-0.2, -0.15) is 5.10 Å². The number of carbonyl (C=O) groups excluding carboxylic acids is 1. The molecule has 7 nitrogen and oxygen atoms in total. The highest BCUT2D eigenvalue weighted by atomic mass is 16.6. The van der Waals surface area contributed by atoms with Crippen LogP contribution in [0, 0.1) is 0 Å². The molecule has 2 rings (SSSR count). The third-order valence-electron chi connectivity index (χ3n) is 3.01. The molecule has 0 bridgehead atoms. The lowest BCUT2D eigenvalue weighted by Gasteiger charge is -2.35. The fourth-order valence-corrected chi connectivity index (χ4v) is 2.09. The summed E-state index contributed by atoms with van der Waals surface area (Å²) in [6.07, 6.45) is -0.394. The Morgan fingerprint density at radius 1 is 1.45 bits per heavy atom. The maximum absolute atomic E-state index is 12.1. The maximum Gasteiger partial charge on any atom is 0.410 e. The van der Waals surface area contributed by atoms with Crippen molar-refractivity contribution in [1.82, 2.24) is 14.7 Å². The van der Waals surface area contributed by atoms with Gasteiger partial charge in [0.15, 0.2) is 5.69 Å². The summed E-state index contributed by atoms with van der Waals surface area (Å²) in [6.45, 7) is 8.08. The smallest absolute Gasteiger partial charge is 0.410 e. The van der Waals surface area contributed by atoms with Gasteiger partial charge >= 0.3 is 12.1 Å². The van der Waals surface area contributed by atoms with E-state index in [1.165, 1.54) is 6.07 Å². The molecule has 110 valence electrons. The molecule has 0 spiro atoms. The lowest BCUT2D eigenvalue weighted by molar-refractivity contribution is 0.00901. The molecular formula is C13H19N3O4. The van der Waals surface area contributed by atoms with Crippen molar-refractivity contribution in [3.05, 3.63) is 17.5 Å². The first-order valence-corrected chi connectivity index (χ1v) is 6.47. The maximum atomic E-state index is 12.1. The van der Waals surface area contributed by atoms with E-state index in [-0.39, 0.29) is 11.7 Å². The minimum absolute atomic E-state index is 0.00163. The van der Waals surface area contributed by atoms with E-state index in [0.717, 1.165) is 0 Å². The number of carbonyl (C=O) groups is 2. The van der Waals surface area contributed by atoms with Crippen LogP contribution in [-0.2, 0) is 17.8 Å². The van der Waals surface area contributed by atoms with Crippen LogP contribution in [0.3, 0.4) is 0 Å². The topological polar surface area (TPSA) is 84.7 Å². The molecule has 1 aliphatic heterocycles. The van der Waals surface area contributed by atoms with E-state index in [9.17, 15) is 9.59 Å². The standard InChI is InChI=1S/C13H19N3O4/c1-8-6-16-9(5-10(14-16)11(17)18)7-15(8)12(19)20-13(2,3)4/h5,8H,6-7H2,1-4H3,(H,17,18)/t8-/m1/s1. The van der Waals surface area contributed by atoms with E-state index in [4.69, 9.17) is 9.84 Å². The summed E-state index contributed by atoms with van der Waals surface area (Å²) in [7, 11) is 0. The van der Waals surface area contributed by atoms with Gasteiger partial charge in [-0.15, -0.1) is 0 Å². The molecule has 1 amide bonds. The van der Waals surface area contributed by atoms with Crippen molar-refractivity contribution in [3.8, 4) is 0 Å². The van der Waals surface area contributed by atoms with Crippen LogP contribution in [0.25, 0.3) is 0 Å². The summed E-state index contributed by atoms with van der Waals surface area (Å²) in [5.74, 6) is -1.07. The van der Waals surface area contributed by atoms with Gasteiger partial charge in [0.05, 0.1) is 24.8 Å². The lowest BCUT2D eigenvalue weighted by Crippen LogP contribution is -2.46. The molecule has 0 aliphatic carbocycles. The minimum Gasteiger partial charge on any atom is -0.476 e. The van der Waals surface area contributed by atoms with E-state index in [1.807, 2.05) is 27.7 Å². The number of carboxylic acids is 1. The summed E-state index contributed by atoms with van der Waals surface area (Å²) in [4.78, 5) is 24.6. The monoisotopic (exact) mass is 281 g/mol. The summed E-state index contributed by atoms with van der Waals surface area (Å²) in [5.41, 5.74) is 0.144. The van der Waals surface area contributed by atoms with Crippen molar-refractivity contribution >= 4 is 12.1 Å². The van der Waals surface area contributed by atoms with E-state index in [2.05, 4.69) is 5.10 Å². The normalized spacial score (nSPS) is 18.6. The fourth-order valence-electron chi connectivity index (χ4n) is 2.09. The Bertz CT molecular complexity index is 544. The number of amides is 1. The van der Waals surface area contributed by atoms with Crippen LogP contribution >= 0.6 is 0 Å². The highest BCUT2D eigenvalue weighted by Gasteiger charge is 2.31. The number of nitrogens with zero attached hydrogens (tertiary/aromatic N) is 3. The van der Waals surface area contributed by atoms with Crippen LogP contribution < -0.4 is 0 Å². The van der Waals surface area contributed by atoms with Crippen molar-refractivity contribution in [3.63, 3.8) is 0 Å². The molecule has 1 atom stereocenters. The zero-order valence-electron chi connectivity index (χ0n) is 12.1. The first kappa shape index (κ1) is 14.4. The number of aromatic carboxylic acids is 1. The number of rotatable bonds is 1. The van der Waals surface area contributed by atoms with Crippen molar-refractivity contribution < 1.29 is 19.4 Å². The van der Waals surface area contributed by atoms with Crippen LogP contribution in [0.5, 0.6) is 0 Å². The predicted octanol–water partition coefficient (Wildman–Crippen LogP) is 1.72. The number of hydrogen-bond acceptors (Lipinski definition) is 4. The molecule has 0 saturated heterocycles. The van der Waals surface area contributed by atoms with Gasteiger partial charge in [0.25, 0.3) is 0 Å². The van der Waals surface area contributed by atoms with Crippen LogP contribution in [-0.4, -0.2) is 43.5 Å². The van der Waals surface area contributed by atoms with Gasteiger partial charge < -0.3 is 9.84 Å². The van der Waals surface area contributed by atoms with Crippen molar-refractivity contribution in [2.45, 2.75) is 52.4 Å². The zero-order valence-corrected chi connectivity index (χ0v) is 12.1. The summed E-state index contributed by atoms with van der Waals surface area (Å²) in [6, 6.07) is 1.39. The fraction of sp³-hybridized carbons (Fsp3) is 0.615. The average Bonchev–Trinajstić information content (AvgIpc) is 2.68. The molecule has 1 aromatic rings. The highest BCUT2D eigenvalue weighted by Crippen LogP contribution is 2.21. The first-order valence-electron chi connectivity index (χ1n) is 6.47. The summed E-state index contributed by atoms with van der Waals surface area (Å²) >= 11 is 0. The van der Waals surface area contributed by atoms with Gasteiger partial charge in [0.1, 0.15) is 5.60 Å². The third-order valence-corrected chi connectivity index (χ3v) is 3.01. The van der Waals surface area contributed by atoms with Crippen molar-refractivity contribution in [2.75, 3.05) is 0 Å². The summed E-state index contributed by atoms with van der Waals surface area (Å²) in [5, 5.41) is 13.0. The van der Waals surface area contributed by atoms with Gasteiger partial charge in [-0.1, -0.05) is 0 Å². The molecule has 1 aromatic heterocycles. The van der Waals surface area contributed by atoms with Crippen molar-refractivity contribution in [2.24, 2.45) is 0 Å². The van der Waals surface area contributed by atoms with Crippen LogP contribution in [0.4, 0.5) is 4.79 Å². The molecule has 0 saturated carbocycles. The van der Waals surface area contributed by atoms with E-state index in [1.54, 1.807) is 9.58 Å². The second kappa shape index (κ2) is 4.81. The molecule has 20 heavy (non-hydrogen) atoms. The largest absolute Gasteiger partial charge is 0.476 e. The molecule has 2 heterocycles. The molecule has 0 unspecified atom stereocenters. The molecular weight excluding hydrogens is 262 g/mol. The SMILES string of the molecule is C[C@@H]1Cn2nc(C(=O)O)cc2CN1C(=O)OC(C)(C)C. The number of hydrogen-bond donors (Lipinski definition) is 1. The Hall–Kier alpha value is -2.05. The van der Waals surface area contributed by atoms with Gasteiger partial charge in [0, 0.05) is 0 Å². The van der Waals surface area contributed by atoms with Crippen LogP contribution in [0.15, 0.2) is 6.07 Å². The first-order chi connectivity index (χ1) is 9.17. The van der Waals surface area contributed by atoms with E-state index in [0.29, 0.717) is 18.8 Å². The molecule has 0 aromatic carbocycles. The molecule has 7 heteroatoms. The van der Waals surface area contributed by atoms with Gasteiger partial charge in [-0.25, -0.2) is 9.59 Å². The Balaban J connectivity index is 2.18. The Labute approximate surface area is 117 Å². The number of fused-ring (bicyclic) bond motifs is 1. The molecule has 0 fully saturated rings. The summed E-state index contributed by atoms with van der Waals surface area (Å²) < 4.78 is 6.99. The molecule has 1 N–H and O–H groups in total. The van der Waals surface area contributed by atoms with Crippen molar-refractivity contribution in [1.29, 1.82) is 0 Å². The molecule has 1 aliphatic rings. The second-order valence-electron chi connectivity index (χ2n) is 5.97. The predicted molar refractivity (Wildman–Crippen MR) is 70.4 cm³/mol. The number of ether oxygens (including phenoxy) is 1. The lowest BCUT2D eigenvalue weighted by atomic mass is 10.2. The Kier molecular flexibility index (Phi) is 3.45. The number of carboxylic acid groups (broad SMARTS) is 1.